The van der Waals surface area contributed by atoms with Gasteiger partial charge in [0.25, 0.3) is 0 Å². The Morgan fingerprint density at radius 2 is 1.68 bits per heavy atom. The number of aliphatic hydroxyl groups is 1. The number of rotatable bonds is 7. The van der Waals surface area contributed by atoms with Crippen LogP contribution in [0.1, 0.15) is 5.56 Å². The molecular weight excluding hydrogens is 380 g/mol. The SMILES string of the molecule is O[C@H](COc1ccc(Cl)cc1)CN1CCN(Cc2ccc3c(c2)OCO3)CC1. The summed E-state index contributed by atoms with van der Waals surface area (Å²) in [5.41, 5.74) is 1.23. The van der Waals surface area contributed by atoms with Crippen molar-refractivity contribution in [1.29, 1.82) is 0 Å². The van der Waals surface area contributed by atoms with Crippen LogP contribution in [0.15, 0.2) is 42.5 Å². The number of piperazine rings is 1. The van der Waals surface area contributed by atoms with E-state index in [1.807, 2.05) is 18.2 Å². The van der Waals surface area contributed by atoms with Gasteiger partial charge in [-0.3, -0.25) is 9.80 Å². The van der Waals surface area contributed by atoms with Crippen LogP contribution in [0, 0.1) is 0 Å². The zero-order valence-corrected chi connectivity index (χ0v) is 16.5. The zero-order valence-electron chi connectivity index (χ0n) is 15.7. The van der Waals surface area contributed by atoms with Crippen molar-refractivity contribution in [2.24, 2.45) is 0 Å². The first kappa shape index (κ1) is 19.3. The van der Waals surface area contributed by atoms with Crippen molar-refractivity contribution in [3.05, 3.63) is 53.1 Å². The Balaban J connectivity index is 1.18. The lowest BCUT2D eigenvalue weighted by molar-refractivity contribution is 0.0446. The molecule has 4 rings (SSSR count). The van der Waals surface area contributed by atoms with Gasteiger partial charge < -0.3 is 19.3 Å². The molecule has 7 heteroatoms. The zero-order chi connectivity index (χ0) is 19.3. The van der Waals surface area contributed by atoms with Gasteiger partial charge in [-0.1, -0.05) is 17.7 Å². The molecule has 1 atom stereocenters. The molecule has 0 spiro atoms. The summed E-state index contributed by atoms with van der Waals surface area (Å²) in [6.45, 7) is 5.91. The molecule has 2 aliphatic rings. The number of hydrogen-bond donors (Lipinski definition) is 1. The third-order valence-corrected chi connectivity index (χ3v) is 5.29. The minimum absolute atomic E-state index is 0.277. The molecule has 0 unspecified atom stereocenters. The van der Waals surface area contributed by atoms with E-state index in [0.717, 1.165) is 50.0 Å². The van der Waals surface area contributed by atoms with Gasteiger partial charge in [0.15, 0.2) is 11.5 Å². The molecular formula is C21H25ClN2O4. The van der Waals surface area contributed by atoms with Gasteiger partial charge in [-0.05, 0) is 42.0 Å². The fourth-order valence-corrected chi connectivity index (χ4v) is 3.63. The molecule has 0 saturated carbocycles. The van der Waals surface area contributed by atoms with Crippen LogP contribution in [0.3, 0.4) is 0 Å². The second-order valence-electron chi connectivity index (χ2n) is 7.18. The Hall–Kier alpha value is -1.99. The molecule has 0 amide bonds. The topological polar surface area (TPSA) is 54.4 Å². The van der Waals surface area contributed by atoms with Crippen molar-refractivity contribution in [3.63, 3.8) is 0 Å². The van der Waals surface area contributed by atoms with E-state index in [9.17, 15) is 5.11 Å². The number of halogens is 1. The van der Waals surface area contributed by atoms with Crippen LogP contribution in [0.2, 0.25) is 5.02 Å². The number of ether oxygens (including phenoxy) is 3. The fourth-order valence-electron chi connectivity index (χ4n) is 3.50. The summed E-state index contributed by atoms with van der Waals surface area (Å²) in [5, 5.41) is 10.9. The van der Waals surface area contributed by atoms with Gasteiger partial charge in [0.05, 0.1) is 0 Å². The maximum atomic E-state index is 10.3. The van der Waals surface area contributed by atoms with Crippen LogP contribution >= 0.6 is 11.6 Å². The number of β-amino-alcohol motifs (C(OH)–C–C–N with tert-alkyl or cyclic N) is 1. The van der Waals surface area contributed by atoms with Crippen molar-refractivity contribution in [3.8, 4) is 17.2 Å². The molecule has 28 heavy (non-hydrogen) atoms. The van der Waals surface area contributed by atoms with Crippen molar-refractivity contribution in [2.75, 3.05) is 46.1 Å². The molecule has 1 N–H and O–H groups in total. The highest BCUT2D eigenvalue weighted by molar-refractivity contribution is 6.30. The second-order valence-corrected chi connectivity index (χ2v) is 7.62. The van der Waals surface area contributed by atoms with E-state index < -0.39 is 6.10 Å². The normalized spacial score (nSPS) is 18.2. The maximum absolute atomic E-state index is 10.3. The standard InChI is InChI=1S/C21H25ClN2O4/c22-17-2-4-19(5-3-17)26-14-18(25)13-24-9-7-23(8-10-24)12-16-1-6-20-21(11-16)28-15-27-20/h1-6,11,18,25H,7-10,12-15H2/t18-/m0/s1. The molecule has 6 nitrogen and oxygen atoms in total. The van der Waals surface area contributed by atoms with Crippen molar-refractivity contribution in [2.45, 2.75) is 12.6 Å². The lowest BCUT2D eigenvalue weighted by atomic mass is 10.1. The lowest BCUT2D eigenvalue weighted by Crippen LogP contribution is -2.48. The molecule has 150 valence electrons. The quantitative estimate of drug-likeness (QED) is 0.765. The van der Waals surface area contributed by atoms with Crippen LogP contribution in [-0.4, -0.2) is 67.1 Å². The minimum atomic E-state index is -0.518. The summed E-state index contributed by atoms with van der Waals surface area (Å²) in [6.07, 6.45) is -0.518. The van der Waals surface area contributed by atoms with Crippen LogP contribution in [0.5, 0.6) is 17.2 Å². The van der Waals surface area contributed by atoms with Gasteiger partial charge in [-0.2, -0.15) is 0 Å². The van der Waals surface area contributed by atoms with E-state index in [-0.39, 0.29) is 6.61 Å². The second kappa shape index (κ2) is 9.01. The number of aliphatic hydroxyl groups excluding tert-OH is 1. The molecule has 2 heterocycles. The van der Waals surface area contributed by atoms with Crippen LogP contribution in [0.25, 0.3) is 0 Å². The van der Waals surface area contributed by atoms with E-state index in [1.165, 1.54) is 5.56 Å². The Bertz CT molecular complexity index is 778. The largest absolute Gasteiger partial charge is 0.491 e. The smallest absolute Gasteiger partial charge is 0.231 e. The summed E-state index contributed by atoms with van der Waals surface area (Å²) < 4.78 is 16.5. The van der Waals surface area contributed by atoms with Gasteiger partial charge in [-0.25, -0.2) is 0 Å². The molecule has 2 aliphatic heterocycles. The van der Waals surface area contributed by atoms with Gasteiger partial charge >= 0.3 is 0 Å². The van der Waals surface area contributed by atoms with Crippen LogP contribution in [0.4, 0.5) is 0 Å². The number of nitrogens with zero attached hydrogens (tertiary/aromatic N) is 2. The summed E-state index contributed by atoms with van der Waals surface area (Å²) >= 11 is 5.86. The van der Waals surface area contributed by atoms with Crippen molar-refractivity contribution in [1.82, 2.24) is 9.80 Å². The van der Waals surface area contributed by atoms with E-state index in [2.05, 4.69) is 21.9 Å². The summed E-state index contributed by atoms with van der Waals surface area (Å²) in [4.78, 5) is 4.71. The average molecular weight is 405 g/mol. The average Bonchev–Trinajstić information content (AvgIpc) is 3.17. The number of fused-ring (bicyclic) bond motifs is 1. The van der Waals surface area contributed by atoms with Crippen molar-refractivity contribution < 1.29 is 19.3 Å². The monoisotopic (exact) mass is 404 g/mol. The van der Waals surface area contributed by atoms with E-state index >= 15 is 0 Å². The molecule has 0 bridgehead atoms. The molecule has 1 fully saturated rings. The van der Waals surface area contributed by atoms with Crippen molar-refractivity contribution >= 4 is 11.6 Å². The first-order valence-electron chi connectivity index (χ1n) is 9.55. The highest BCUT2D eigenvalue weighted by Crippen LogP contribution is 2.32. The molecule has 1 saturated heterocycles. The summed E-state index contributed by atoms with van der Waals surface area (Å²) in [7, 11) is 0. The van der Waals surface area contributed by atoms with Gasteiger partial charge in [-0.15, -0.1) is 0 Å². The lowest BCUT2D eigenvalue weighted by Gasteiger charge is -2.35. The van der Waals surface area contributed by atoms with Crippen LogP contribution < -0.4 is 14.2 Å². The van der Waals surface area contributed by atoms with E-state index in [1.54, 1.807) is 12.1 Å². The predicted molar refractivity (Wildman–Crippen MR) is 107 cm³/mol. The van der Waals surface area contributed by atoms with E-state index in [4.69, 9.17) is 25.8 Å². The Labute approximate surface area is 170 Å². The molecule has 2 aromatic carbocycles. The number of hydrogen-bond acceptors (Lipinski definition) is 6. The molecule has 2 aromatic rings. The molecule has 0 radical (unpaired) electrons. The Morgan fingerprint density at radius 1 is 0.964 bits per heavy atom. The summed E-state index contributed by atoms with van der Waals surface area (Å²) in [6, 6.07) is 13.3. The third-order valence-electron chi connectivity index (χ3n) is 5.03. The maximum Gasteiger partial charge on any atom is 0.231 e. The third kappa shape index (κ3) is 5.08. The van der Waals surface area contributed by atoms with Gasteiger partial charge in [0, 0.05) is 44.3 Å². The fraction of sp³-hybridized carbons (Fsp3) is 0.429. The first-order valence-corrected chi connectivity index (χ1v) is 9.93. The Kier molecular flexibility index (Phi) is 6.22. The van der Waals surface area contributed by atoms with Gasteiger partial charge in [0.1, 0.15) is 18.5 Å². The highest BCUT2D eigenvalue weighted by atomic mass is 35.5. The van der Waals surface area contributed by atoms with E-state index in [0.29, 0.717) is 18.4 Å². The first-order chi connectivity index (χ1) is 13.7. The Morgan fingerprint density at radius 3 is 2.46 bits per heavy atom. The van der Waals surface area contributed by atoms with Gasteiger partial charge in [0.2, 0.25) is 6.79 Å². The number of benzene rings is 2. The molecule has 0 aliphatic carbocycles. The van der Waals surface area contributed by atoms with Crippen LogP contribution in [-0.2, 0) is 6.54 Å². The summed E-state index contributed by atoms with van der Waals surface area (Å²) in [5.74, 6) is 2.38. The molecule has 0 aromatic heterocycles. The predicted octanol–water partition coefficient (Wildman–Crippen LogP) is 2.63. The minimum Gasteiger partial charge on any atom is -0.491 e. The highest BCUT2D eigenvalue weighted by Gasteiger charge is 2.20.